The van der Waals surface area contributed by atoms with E-state index >= 15 is 0 Å². The average molecular weight is 397 g/mol. The number of sulfonamides is 1. The second-order valence-corrected chi connectivity index (χ2v) is 9.92. The van der Waals surface area contributed by atoms with Gasteiger partial charge in [-0.15, -0.1) is 0 Å². The number of fused-ring (bicyclic) bond motifs is 4. The van der Waals surface area contributed by atoms with Crippen molar-refractivity contribution in [1.82, 2.24) is 9.21 Å². The summed E-state index contributed by atoms with van der Waals surface area (Å²) in [6, 6.07) is 13.4. The molecular formula is C22H24N2O3S. The maximum atomic E-state index is 13.4. The minimum Gasteiger partial charge on any atom is -0.333 e. The Hall–Kier alpha value is -2.18. The molecule has 1 saturated heterocycles. The molecule has 0 bridgehead atoms. The van der Waals surface area contributed by atoms with Crippen molar-refractivity contribution in [3.05, 3.63) is 64.7 Å². The van der Waals surface area contributed by atoms with E-state index in [-0.39, 0.29) is 18.5 Å². The molecule has 146 valence electrons. The van der Waals surface area contributed by atoms with Gasteiger partial charge in [-0.05, 0) is 66.5 Å². The van der Waals surface area contributed by atoms with Gasteiger partial charge in [-0.1, -0.05) is 30.3 Å². The van der Waals surface area contributed by atoms with E-state index in [0.29, 0.717) is 18.0 Å². The van der Waals surface area contributed by atoms with Crippen LogP contribution < -0.4 is 0 Å². The number of hydrogen-bond donors (Lipinski definition) is 0. The van der Waals surface area contributed by atoms with E-state index in [9.17, 15) is 13.2 Å². The van der Waals surface area contributed by atoms with Gasteiger partial charge in [-0.2, -0.15) is 4.31 Å². The zero-order valence-electron chi connectivity index (χ0n) is 15.8. The number of nitrogens with zero attached hydrogens (tertiary/aromatic N) is 2. The van der Waals surface area contributed by atoms with Crippen LogP contribution in [-0.4, -0.2) is 43.2 Å². The first-order chi connectivity index (χ1) is 13.5. The third kappa shape index (κ3) is 2.86. The van der Waals surface area contributed by atoms with Crippen LogP contribution in [0.2, 0.25) is 0 Å². The molecule has 2 heterocycles. The lowest BCUT2D eigenvalue weighted by atomic mass is 9.91. The number of carbonyl (C=O) groups is 1. The van der Waals surface area contributed by atoms with Gasteiger partial charge in [-0.3, -0.25) is 4.79 Å². The summed E-state index contributed by atoms with van der Waals surface area (Å²) in [5.41, 5.74) is 4.68. The summed E-state index contributed by atoms with van der Waals surface area (Å²) in [6.45, 7) is 0.910. The highest BCUT2D eigenvalue weighted by Gasteiger charge is 2.41. The highest BCUT2D eigenvalue weighted by molar-refractivity contribution is 7.89. The molecule has 5 nitrogen and oxygen atoms in total. The highest BCUT2D eigenvalue weighted by atomic mass is 32.2. The summed E-state index contributed by atoms with van der Waals surface area (Å²) in [5, 5.41) is 0. The first-order valence-electron chi connectivity index (χ1n) is 10.0. The molecule has 1 amide bonds. The molecule has 2 aromatic rings. The normalized spacial score (nSPS) is 22.4. The van der Waals surface area contributed by atoms with Crippen molar-refractivity contribution >= 4 is 15.9 Å². The van der Waals surface area contributed by atoms with Gasteiger partial charge in [0.2, 0.25) is 15.9 Å². The Balaban J connectivity index is 1.49. The summed E-state index contributed by atoms with van der Waals surface area (Å²) >= 11 is 0. The van der Waals surface area contributed by atoms with E-state index in [4.69, 9.17) is 0 Å². The minimum absolute atomic E-state index is 0.0713. The van der Waals surface area contributed by atoms with Crippen LogP contribution in [0.15, 0.2) is 47.4 Å². The zero-order valence-corrected chi connectivity index (χ0v) is 16.6. The van der Waals surface area contributed by atoms with Crippen LogP contribution in [-0.2, 0) is 34.1 Å². The molecule has 5 rings (SSSR count). The van der Waals surface area contributed by atoms with E-state index in [1.807, 2.05) is 35.2 Å². The average Bonchev–Trinajstić information content (AvgIpc) is 2.73. The molecule has 0 unspecified atom stereocenters. The SMILES string of the molecule is O=C1CN(S(=O)(=O)c2ccc3c(c2)CCCC3)C[C@@H]2c3ccccc3CCN12. The number of piperazine rings is 1. The Bertz CT molecular complexity index is 1050. The van der Waals surface area contributed by atoms with Crippen molar-refractivity contribution in [3.63, 3.8) is 0 Å². The zero-order chi connectivity index (χ0) is 19.3. The van der Waals surface area contributed by atoms with Gasteiger partial charge in [0.15, 0.2) is 0 Å². The molecule has 0 N–H and O–H groups in total. The Kier molecular flexibility index (Phi) is 4.29. The third-order valence-corrected chi connectivity index (χ3v) is 8.19. The lowest BCUT2D eigenvalue weighted by molar-refractivity contribution is -0.138. The largest absolute Gasteiger partial charge is 0.333 e. The molecule has 3 aliphatic rings. The molecule has 2 aliphatic heterocycles. The van der Waals surface area contributed by atoms with Gasteiger partial charge in [0.1, 0.15) is 0 Å². The summed E-state index contributed by atoms with van der Waals surface area (Å²) in [7, 11) is -3.70. The quantitative estimate of drug-likeness (QED) is 0.784. The predicted molar refractivity (Wildman–Crippen MR) is 106 cm³/mol. The number of rotatable bonds is 2. The van der Waals surface area contributed by atoms with E-state index < -0.39 is 10.0 Å². The molecule has 2 aromatic carbocycles. The summed E-state index contributed by atoms with van der Waals surface area (Å²) in [5.74, 6) is -0.104. The molecule has 0 aromatic heterocycles. The molecule has 1 fully saturated rings. The second-order valence-electron chi connectivity index (χ2n) is 7.99. The fourth-order valence-corrected chi connectivity index (χ4v) is 6.30. The fraction of sp³-hybridized carbons (Fsp3) is 0.409. The topological polar surface area (TPSA) is 57.7 Å². The Labute approximate surface area is 166 Å². The van der Waals surface area contributed by atoms with Crippen molar-refractivity contribution in [1.29, 1.82) is 0 Å². The van der Waals surface area contributed by atoms with E-state index in [2.05, 4.69) is 6.07 Å². The van der Waals surface area contributed by atoms with Crippen molar-refractivity contribution < 1.29 is 13.2 Å². The fourth-order valence-electron chi connectivity index (χ4n) is 4.85. The second kappa shape index (κ2) is 6.71. The number of amides is 1. The van der Waals surface area contributed by atoms with Crippen LogP contribution in [0.1, 0.15) is 41.1 Å². The van der Waals surface area contributed by atoms with Gasteiger partial charge in [0.05, 0.1) is 17.5 Å². The maximum absolute atomic E-state index is 13.4. The number of aryl methyl sites for hydroxylation is 2. The Morgan fingerprint density at radius 1 is 0.893 bits per heavy atom. The van der Waals surface area contributed by atoms with Crippen molar-refractivity contribution in [2.75, 3.05) is 19.6 Å². The van der Waals surface area contributed by atoms with Gasteiger partial charge >= 0.3 is 0 Å². The summed E-state index contributed by atoms with van der Waals surface area (Å²) in [6.07, 6.45) is 5.05. The number of benzene rings is 2. The van der Waals surface area contributed by atoms with Gasteiger partial charge in [0.25, 0.3) is 0 Å². The van der Waals surface area contributed by atoms with E-state index in [1.54, 1.807) is 6.07 Å². The number of hydrogen-bond acceptors (Lipinski definition) is 3. The van der Waals surface area contributed by atoms with Crippen LogP contribution in [0, 0.1) is 0 Å². The molecule has 1 aliphatic carbocycles. The molecule has 0 saturated carbocycles. The van der Waals surface area contributed by atoms with Crippen LogP contribution in [0.4, 0.5) is 0 Å². The molecular weight excluding hydrogens is 372 g/mol. The smallest absolute Gasteiger partial charge is 0.243 e. The summed E-state index contributed by atoms with van der Waals surface area (Å²) < 4.78 is 28.1. The minimum atomic E-state index is -3.70. The molecule has 1 atom stereocenters. The van der Waals surface area contributed by atoms with Crippen molar-refractivity contribution in [3.8, 4) is 0 Å². The van der Waals surface area contributed by atoms with E-state index in [0.717, 1.165) is 43.2 Å². The molecule has 28 heavy (non-hydrogen) atoms. The molecule has 0 radical (unpaired) electrons. The maximum Gasteiger partial charge on any atom is 0.243 e. The Morgan fingerprint density at radius 3 is 2.54 bits per heavy atom. The number of carbonyl (C=O) groups excluding carboxylic acids is 1. The van der Waals surface area contributed by atoms with Gasteiger partial charge < -0.3 is 4.90 Å². The third-order valence-electron chi connectivity index (χ3n) is 6.38. The first-order valence-corrected chi connectivity index (χ1v) is 11.5. The standard InChI is InChI=1S/C22H24N2O3S/c25-22-15-23(14-21-20-8-4-3-6-17(20)11-12-24(21)22)28(26,27)19-10-9-16-5-1-2-7-18(16)13-19/h3-4,6,8-10,13,21H,1-2,5,7,11-12,14-15H2/t21-/m1/s1. The predicted octanol–water partition coefficient (Wildman–Crippen LogP) is 2.70. The van der Waals surface area contributed by atoms with Crippen molar-refractivity contribution in [2.45, 2.75) is 43.0 Å². The van der Waals surface area contributed by atoms with E-state index in [1.165, 1.54) is 15.4 Å². The summed E-state index contributed by atoms with van der Waals surface area (Å²) in [4.78, 5) is 14.9. The van der Waals surface area contributed by atoms with Crippen LogP contribution >= 0.6 is 0 Å². The molecule has 6 heteroatoms. The van der Waals surface area contributed by atoms with Crippen LogP contribution in [0.25, 0.3) is 0 Å². The van der Waals surface area contributed by atoms with Crippen molar-refractivity contribution in [2.24, 2.45) is 0 Å². The van der Waals surface area contributed by atoms with Gasteiger partial charge in [0, 0.05) is 13.1 Å². The highest BCUT2D eigenvalue weighted by Crippen LogP contribution is 2.35. The lowest BCUT2D eigenvalue weighted by Crippen LogP contribution is -2.55. The van der Waals surface area contributed by atoms with Crippen LogP contribution in [0.3, 0.4) is 0 Å². The lowest BCUT2D eigenvalue weighted by Gasteiger charge is -2.44. The van der Waals surface area contributed by atoms with Crippen LogP contribution in [0.5, 0.6) is 0 Å². The molecule has 0 spiro atoms. The first kappa shape index (κ1) is 17.9. The van der Waals surface area contributed by atoms with Gasteiger partial charge in [-0.25, -0.2) is 8.42 Å². The monoisotopic (exact) mass is 396 g/mol. The Morgan fingerprint density at radius 2 is 1.68 bits per heavy atom.